The standard InChI is InChI=1S/C14H30N2O/c1-11(2)16(12(3)4)8-9-17-14-6-7-15-13(5)10-14/h11-15H,6-10H2,1-5H3. The summed E-state index contributed by atoms with van der Waals surface area (Å²) in [7, 11) is 0. The largest absolute Gasteiger partial charge is 0.377 e. The first-order valence-electron chi connectivity index (χ1n) is 7.11. The zero-order chi connectivity index (χ0) is 12.8. The van der Waals surface area contributed by atoms with Gasteiger partial charge in [0.05, 0.1) is 12.7 Å². The molecule has 1 N–H and O–H groups in total. The summed E-state index contributed by atoms with van der Waals surface area (Å²) in [6.45, 7) is 14.3. The lowest BCUT2D eigenvalue weighted by atomic mass is 10.0. The predicted molar refractivity (Wildman–Crippen MR) is 73.4 cm³/mol. The molecule has 0 aromatic rings. The summed E-state index contributed by atoms with van der Waals surface area (Å²) < 4.78 is 6.00. The Labute approximate surface area is 107 Å². The molecule has 2 unspecified atom stereocenters. The molecule has 0 bridgehead atoms. The van der Waals surface area contributed by atoms with Crippen LogP contribution in [0.15, 0.2) is 0 Å². The Hall–Kier alpha value is -0.120. The highest BCUT2D eigenvalue weighted by Crippen LogP contribution is 2.12. The highest BCUT2D eigenvalue weighted by atomic mass is 16.5. The first-order chi connectivity index (χ1) is 8.00. The second-order valence-corrected chi connectivity index (χ2v) is 5.80. The van der Waals surface area contributed by atoms with Crippen molar-refractivity contribution >= 4 is 0 Å². The number of hydrogen-bond acceptors (Lipinski definition) is 3. The third-order valence-corrected chi connectivity index (χ3v) is 3.61. The van der Waals surface area contributed by atoms with Gasteiger partial charge in [0.15, 0.2) is 0 Å². The Morgan fingerprint density at radius 2 is 1.88 bits per heavy atom. The van der Waals surface area contributed by atoms with Crippen molar-refractivity contribution in [1.82, 2.24) is 10.2 Å². The summed E-state index contributed by atoms with van der Waals surface area (Å²) in [4.78, 5) is 2.49. The van der Waals surface area contributed by atoms with E-state index >= 15 is 0 Å². The maximum absolute atomic E-state index is 6.00. The third-order valence-electron chi connectivity index (χ3n) is 3.61. The molecule has 1 aliphatic heterocycles. The maximum atomic E-state index is 6.00. The fraction of sp³-hybridized carbons (Fsp3) is 1.00. The van der Waals surface area contributed by atoms with E-state index in [1.165, 1.54) is 0 Å². The molecule has 0 radical (unpaired) electrons. The first-order valence-corrected chi connectivity index (χ1v) is 7.11. The van der Waals surface area contributed by atoms with E-state index in [1.807, 2.05) is 0 Å². The molecule has 1 aliphatic rings. The van der Waals surface area contributed by atoms with Crippen LogP contribution < -0.4 is 5.32 Å². The summed E-state index contributed by atoms with van der Waals surface area (Å²) in [5.74, 6) is 0. The van der Waals surface area contributed by atoms with Crippen LogP contribution >= 0.6 is 0 Å². The van der Waals surface area contributed by atoms with Crippen molar-refractivity contribution in [3.05, 3.63) is 0 Å². The second-order valence-electron chi connectivity index (χ2n) is 5.80. The van der Waals surface area contributed by atoms with E-state index in [1.54, 1.807) is 0 Å². The molecular formula is C14H30N2O. The van der Waals surface area contributed by atoms with Gasteiger partial charge in [-0.05, 0) is 54.0 Å². The van der Waals surface area contributed by atoms with E-state index in [9.17, 15) is 0 Å². The van der Waals surface area contributed by atoms with Crippen molar-refractivity contribution in [1.29, 1.82) is 0 Å². The smallest absolute Gasteiger partial charge is 0.0602 e. The maximum Gasteiger partial charge on any atom is 0.0602 e. The Morgan fingerprint density at radius 3 is 2.41 bits per heavy atom. The van der Waals surface area contributed by atoms with Gasteiger partial charge in [0, 0.05) is 24.7 Å². The molecule has 3 nitrogen and oxygen atoms in total. The number of rotatable bonds is 6. The Bertz CT molecular complexity index is 198. The zero-order valence-electron chi connectivity index (χ0n) is 12.2. The zero-order valence-corrected chi connectivity index (χ0v) is 12.2. The molecular weight excluding hydrogens is 212 g/mol. The fourth-order valence-electron chi connectivity index (χ4n) is 2.68. The molecule has 0 aromatic heterocycles. The molecule has 17 heavy (non-hydrogen) atoms. The second kappa shape index (κ2) is 7.34. The van der Waals surface area contributed by atoms with Gasteiger partial charge in [-0.15, -0.1) is 0 Å². The van der Waals surface area contributed by atoms with E-state index < -0.39 is 0 Å². The minimum atomic E-state index is 0.465. The van der Waals surface area contributed by atoms with Crippen LogP contribution in [-0.2, 0) is 4.74 Å². The predicted octanol–water partition coefficient (Wildman–Crippen LogP) is 2.26. The summed E-state index contributed by atoms with van der Waals surface area (Å²) in [6.07, 6.45) is 2.78. The highest BCUT2D eigenvalue weighted by molar-refractivity contribution is 4.75. The Morgan fingerprint density at radius 1 is 1.24 bits per heavy atom. The van der Waals surface area contributed by atoms with Gasteiger partial charge in [-0.1, -0.05) is 0 Å². The van der Waals surface area contributed by atoms with Gasteiger partial charge in [-0.2, -0.15) is 0 Å². The average Bonchev–Trinajstić information content (AvgIpc) is 2.23. The van der Waals surface area contributed by atoms with E-state index in [2.05, 4.69) is 44.8 Å². The molecule has 0 aliphatic carbocycles. The molecule has 3 heteroatoms. The van der Waals surface area contributed by atoms with Gasteiger partial charge in [0.2, 0.25) is 0 Å². The molecule has 1 fully saturated rings. The quantitative estimate of drug-likeness (QED) is 0.773. The Kier molecular flexibility index (Phi) is 6.45. The van der Waals surface area contributed by atoms with Gasteiger partial charge >= 0.3 is 0 Å². The SMILES string of the molecule is CC1CC(OCCN(C(C)C)C(C)C)CCN1. The summed E-state index contributed by atoms with van der Waals surface area (Å²) in [6, 6.07) is 1.82. The van der Waals surface area contributed by atoms with Crippen molar-refractivity contribution in [3.63, 3.8) is 0 Å². The monoisotopic (exact) mass is 242 g/mol. The van der Waals surface area contributed by atoms with Gasteiger partial charge in [-0.3, -0.25) is 4.90 Å². The van der Waals surface area contributed by atoms with Crippen LogP contribution in [-0.4, -0.2) is 48.8 Å². The molecule has 0 amide bonds. The number of nitrogens with zero attached hydrogens (tertiary/aromatic N) is 1. The van der Waals surface area contributed by atoms with Crippen LogP contribution in [0.25, 0.3) is 0 Å². The highest BCUT2D eigenvalue weighted by Gasteiger charge is 2.19. The Balaban J connectivity index is 2.21. The fourth-order valence-corrected chi connectivity index (χ4v) is 2.68. The molecule has 1 saturated heterocycles. The van der Waals surface area contributed by atoms with Crippen molar-refractivity contribution in [2.24, 2.45) is 0 Å². The van der Waals surface area contributed by atoms with Crippen molar-refractivity contribution in [2.75, 3.05) is 19.7 Å². The van der Waals surface area contributed by atoms with E-state index in [-0.39, 0.29) is 0 Å². The van der Waals surface area contributed by atoms with E-state index in [0.717, 1.165) is 32.5 Å². The van der Waals surface area contributed by atoms with Crippen LogP contribution in [0.3, 0.4) is 0 Å². The number of nitrogens with one attached hydrogen (secondary N) is 1. The average molecular weight is 242 g/mol. The summed E-state index contributed by atoms with van der Waals surface area (Å²) in [5.41, 5.74) is 0. The molecule has 1 rings (SSSR count). The molecule has 2 atom stereocenters. The van der Waals surface area contributed by atoms with Crippen LogP contribution in [0, 0.1) is 0 Å². The lowest BCUT2D eigenvalue weighted by Gasteiger charge is -2.32. The number of ether oxygens (including phenoxy) is 1. The first kappa shape index (κ1) is 14.9. The van der Waals surface area contributed by atoms with Crippen molar-refractivity contribution in [3.8, 4) is 0 Å². The molecule has 0 aromatic carbocycles. The van der Waals surface area contributed by atoms with Gasteiger partial charge in [0.1, 0.15) is 0 Å². The topological polar surface area (TPSA) is 24.5 Å². The third kappa shape index (κ3) is 5.36. The lowest BCUT2D eigenvalue weighted by molar-refractivity contribution is 0.00382. The molecule has 1 heterocycles. The van der Waals surface area contributed by atoms with Gasteiger partial charge in [0.25, 0.3) is 0 Å². The van der Waals surface area contributed by atoms with Crippen LogP contribution in [0.1, 0.15) is 47.5 Å². The van der Waals surface area contributed by atoms with Crippen LogP contribution in [0.5, 0.6) is 0 Å². The van der Waals surface area contributed by atoms with Gasteiger partial charge < -0.3 is 10.1 Å². The van der Waals surface area contributed by atoms with E-state index in [0.29, 0.717) is 24.2 Å². The van der Waals surface area contributed by atoms with Crippen LogP contribution in [0.2, 0.25) is 0 Å². The minimum absolute atomic E-state index is 0.465. The number of hydrogen-bond donors (Lipinski definition) is 1. The molecule has 0 spiro atoms. The molecule has 102 valence electrons. The van der Waals surface area contributed by atoms with Crippen LogP contribution in [0.4, 0.5) is 0 Å². The van der Waals surface area contributed by atoms with Gasteiger partial charge in [-0.25, -0.2) is 0 Å². The minimum Gasteiger partial charge on any atom is -0.377 e. The lowest BCUT2D eigenvalue weighted by Crippen LogP contribution is -2.42. The molecule has 0 saturated carbocycles. The summed E-state index contributed by atoms with van der Waals surface area (Å²) >= 11 is 0. The normalized spacial score (nSPS) is 26.1. The van der Waals surface area contributed by atoms with E-state index in [4.69, 9.17) is 4.74 Å². The number of piperidine rings is 1. The summed E-state index contributed by atoms with van der Waals surface area (Å²) in [5, 5.41) is 3.46. The van der Waals surface area contributed by atoms with Crippen molar-refractivity contribution < 1.29 is 4.74 Å². The van der Waals surface area contributed by atoms with Crippen molar-refractivity contribution in [2.45, 2.75) is 71.7 Å².